The Hall–Kier alpha value is -3.69. The average Bonchev–Trinajstić information content (AvgIpc) is 3.40. The zero-order valence-electron chi connectivity index (χ0n) is 18.4. The second-order valence-electron chi connectivity index (χ2n) is 7.44. The zero-order valence-corrected chi connectivity index (χ0v) is 20.0. The van der Waals surface area contributed by atoms with Crippen LogP contribution in [0.3, 0.4) is 0 Å². The van der Waals surface area contributed by atoms with Crippen molar-refractivity contribution in [3.05, 3.63) is 81.3 Å². The summed E-state index contributed by atoms with van der Waals surface area (Å²) in [6, 6.07) is 15.6. The smallest absolute Gasteiger partial charge is 0.348 e. The number of carbonyl (C=O) groups excluding carboxylic acids is 3. The summed E-state index contributed by atoms with van der Waals surface area (Å²) < 4.78 is 7.01. The summed E-state index contributed by atoms with van der Waals surface area (Å²) in [6.07, 6.45) is 0. The number of esters is 1. The third kappa shape index (κ3) is 5.11. The highest BCUT2D eigenvalue weighted by molar-refractivity contribution is 7.20. The molecule has 34 heavy (non-hydrogen) atoms. The molecule has 4 rings (SSSR count). The molecule has 8 nitrogen and oxygen atoms in total. The third-order valence-electron chi connectivity index (χ3n) is 5.08. The van der Waals surface area contributed by atoms with Crippen molar-refractivity contribution in [1.82, 2.24) is 15.1 Å². The Bertz CT molecular complexity index is 1380. The number of nitrogens with one attached hydrogen (secondary N) is 2. The largest absolute Gasteiger partial charge is 0.451 e. The van der Waals surface area contributed by atoms with Crippen molar-refractivity contribution < 1.29 is 19.1 Å². The molecule has 0 radical (unpaired) electrons. The molecule has 2 amide bonds. The second-order valence-corrected chi connectivity index (χ2v) is 8.88. The number of fused-ring (bicyclic) bond motifs is 1. The van der Waals surface area contributed by atoms with E-state index in [1.165, 1.54) is 11.3 Å². The topological polar surface area (TPSA) is 102 Å². The van der Waals surface area contributed by atoms with E-state index in [0.29, 0.717) is 27.7 Å². The Kier molecular flexibility index (Phi) is 6.95. The number of halogens is 1. The van der Waals surface area contributed by atoms with Crippen molar-refractivity contribution in [3.8, 4) is 0 Å². The first-order valence-corrected chi connectivity index (χ1v) is 11.5. The molecule has 0 saturated carbocycles. The van der Waals surface area contributed by atoms with Gasteiger partial charge in [-0.15, -0.1) is 11.3 Å². The number of thiophene rings is 1. The molecule has 2 aromatic heterocycles. The first-order chi connectivity index (χ1) is 16.4. The average molecular weight is 497 g/mol. The van der Waals surface area contributed by atoms with E-state index in [1.807, 2.05) is 35.9 Å². The Morgan fingerprint density at radius 1 is 1.12 bits per heavy atom. The molecule has 10 heteroatoms. The molecular weight excluding hydrogens is 476 g/mol. The normalized spacial score (nSPS) is 10.8. The number of carbonyl (C=O) groups is 3. The maximum absolute atomic E-state index is 12.6. The maximum atomic E-state index is 12.6. The Morgan fingerprint density at radius 3 is 2.56 bits per heavy atom. The molecule has 4 aromatic rings. The van der Waals surface area contributed by atoms with Crippen LogP contribution in [0.2, 0.25) is 5.02 Å². The van der Waals surface area contributed by atoms with Crippen molar-refractivity contribution in [3.63, 3.8) is 0 Å². The fraction of sp³-hybridized carbons (Fsp3) is 0.167. The van der Waals surface area contributed by atoms with Crippen LogP contribution in [0.5, 0.6) is 0 Å². The van der Waals surface area contributed by atoms with Crippen LogP contribution in [-0.2, 0) is 16.1 Å². The van der Waals surface area contributed by atoms with Gasteiger partial charge in [-0.2, -0.15) is 5.10 Å². The number of hydrogen-bond acceptors (Lipinski definition) is 6. The van der Waals surface area contributed by atoms with Gasteiger partial charge in [-0.3, -0.25) is 14.3 Å². The summed E-state index contributed by atoms with van der Waals surface area (Å²) in [5, 5.41) is 11.2. The van der Waals surface area contributed by atoms with E-state index >= 15 is 0 Å². The van der Waals surface area contributed by atoms with Crippen molar-refractivity contribution in [2.75, 3.05) is 19.0 Å². The molecule has 2 heterocycles. The fourth-order valence-corrected chi connectivity index (χ4v) is 4.61. The van der Waals surface area contributed by atoms with Crippen LogP contribution in [0.4, 0.5) is 5.69 Å². The zero-order chi connectivity index (χ0) is 24.2. The van der Waals surface area contributed by atoms with Crippen LogP contribution >= 0.6 is 22.9 Å². The number of aryl methyl sites for hydroxylation is 1. The van der Waals surface area contributed by atoms with Gasteiger partial charge in [0.15, 0.2) is 6.61 Å². The monoisotopic (exact) mass is 496 g/mol. The molecule has 0 bridgehead atoms. The van der Waals surface area contributed by atoms with Crippen molar-refractivity contribution in [2.45, 2.75) is 13.5 Å². The first kappa shape index (κ1) is 23.5. The molecule has 0 unspecified atom stereocenters. The molecule has 0 fully saturated rings. The van der Waals surface area contributed by atoms with Crippen LogP contribution in [0.25, 0.3) is 10.2 Å². The Balaban J connectivity index is 1.39. The summed E-state index contributed by atoms with van der Waals surface area (Å²) in [6.45, 7) is 1.91. The minimum Gasteiger partial charge on any atom is -0.451 e. The molecule has 0 aliphatic rings. The number of rotatable bonds is 7. The molecule has 0 saturated heterocycles. The van der Waals surface area contributed by atoms with E-state index in [2.05, 4.69) is 15.7 Å². The molecule has 2 N–H and O–H groups in total. The van der Waals surface area contributed by atoms with Crippen molar-refractivity contribution in [2.24, 2.45) is 0 Å². The van der Waals surface area contributed by atoms with Crippen molar-refractivity contribution in [1.29, 1.82) is 0 Å². The standard InChI is InChI=1S/C24H21ClN4O4S/c1-14-18-11-20(34-23(18)29(28-14)12-16-5-3-4-6-19(16)25)24(32)33-13-21(30)27-17-9-7-15(8-10-17)22(31)26-2/h3-11H,12-13H2,1-2H3,(H,26,31)(H,27,30). The summed E-state index contributed by atoms with van der Waals surface area (Å²) in [4.78, 5) is 37.6. The summed E-state index contributed by atoms with van der Waals surface area (Å²) in [5.74, 6) is -1.29. The van der Waals surface area contributed by atoms with Gasteiger partial charge in [-0.1, -0.05) is 29.8 Å². The van der Waals surface area contributed by atoms with Gasteiger partial charge < -0.3 is 15.4 Å². The van der Waals surface area contributed by atoms with Gasteiger partial charge in [-0.05, 0) is 48.9 Å². The van der Waals surface area contributed by atoms with Gasteiger partial charge >= 0.3 is 5.97 Å². The SMILES string of the molecule is CNC(=O)c1ccc(NC(=O)COC(=O)c2cc3c(C)nn(Cc4ccccc4Cl)c3s2)cc1. The lowest BCUT2D eigenvalue weighted by molar-refractivity contribution is -0.119. The predicted octanol–water partition coefficient (Wildman–Crippen LogP) is 4.26. The number of ether oxygens (including phenoxy) is 1. The van der Waals surface area contributed by atoms with Gasteiger partial charge in [-0.25, -0.2) is 4.79 Å². The lowest BCUT2D eigenvalue weighted by atomic mass is 10.2. The number of aromatic nitrogens is 2. The van der Waals surface area contributed by atoms with E-state index in [9.17, 15) is 14.4 Å². The quantitative estimate of drug-likeness (QED) is 0.372. The van der Waals surface area contributed by atoms with Crippen LogP contribution in [0.1, 0.15) is 31.3 Å². The minimum atomic E-state index is -0.588. The molecular formula is C24H21ClN4O4S. The summed E-state index contributed by atoms with van der Waals surface area (Å²) in [5.41, 5.74) is 2.67. The highest BCUT2D eigenvalue weighted by Crippen LogP contribution is 2.30. The Morgan fingerprint density at radius 2 is 1.85 bits per heavy atom. The summed E-state index contributed by atoms with van der Waals surface area (Å²) in [7, 11) is 1.54. The highest BCUT2D eigenvalue weighted by Gasteiger charge is 2.19. The van der Waals surface area contributed by atoms with Crippen LogP contribution in [0, 0.1) is 6.92 Å². The number of benzene rings is 2. The maximum Gasteiger partial charge on any atom is 0.348 e. The van der Waals surface area contributed by atoms with E-state index < -0.39 is 18.5 Å². The lowest BCUT2D eigenvalue weighted by Gasteiger charge is -2.07. The highest BCUT2D eigenvalue weighted by atomic mass is 35.5. The van der Waals surface area contributed by atoms with Crippen molar-refractivity contribution >= 4 is 56.6 Å². The Labute approximate surface area is 204 Å². The molecule has 0 atom stereocenters. The van der Waals surface area contributed by atoms with Gasteiger partial charge in [0, 0.05) is 28.7 Å². The van der Waals surface area contributed by atoms with E-state index in [1.54, 1.807) is 37.4 Å². The van der Waals surface area contributed by atoms with Gasteiger partial charge in [0.1, 0.15) is 9.71 Å². The first-order valence-electron chi connectivity index (χ1n) is 10.3. The fourth-order valence-electron chi connectivity index (χ4n) is 3.36. The van der Waals surface area contributed by atoms with Gasteiger partial charge in [0.2, 0.25) is 0 Å². The molecule has 0 aliphatic carbocycles. The lowest BCUT2D eigenvalue weighted by Crippen LogP contribution is -2.21. The number of anilines is 1. The molecule has 0 aliphatic heterocycles. The van der Waals surface area contributed by atoms with Gasteiger partial charge in [0.25, 0.3) is 11.8 Å². The molecule has 174 valence electrons. The molecule has 0 spiro atoms. The number of hydrogen-bond donors (Lipinski definition) is 2. The minimum absolute atomic E-state index is 0.222. The van der Waals surface area contributed by atoms with Crippen LogP contribution < -0.4 is 10.6 Å². The predicted molar refractivity (Wildman–Crippen MR) is 132 cm³/mol. The van der Waals surface area contributed by atoms with E-state index in [-0.39, 0.29) is 5.91 Å². The number of nitrogens with zero attached hydrogens (tertiary/aromatic N) is 2. The second kappa shape index (κ2) is 10.1. The van der Waals surface area contributed by atoms with Crippen LogP contribution in [-0.4, -0.2) is 41.2 Å². The number of amides is 2. The van der Waals surface area contributed by atoms with E-state index in [4.69, 9.17) is 16.3 Å². The van der Waals surface area contributed by atoms with E-state index in [0.717, 1.165) is 21.5 Å². The third-order valence-corrected chi connectivity index (χ3v) is 6.58. The summed E-state index contributed by atoms with van der Waals surface area (Å²) >= 11 is 7.53. The molecule has 2 aromatic carbocycles. The van der Waals surface area contributed by atoms with Gasteiger partial charge in [0.05, 0.1) is 12.2 Å². The van der Waals surface area contributed by atoms with Crippen LogP contribution in [0.15, 0.2) is 54.6 Å².